The molecule has 0 radical (unpaired) electrons. The Hall–Kier alpha value is -2.76. The quantitative estimate of drug-likeness (QED) is 0.651. The number of aryl methyl sites for hydroxylation is 1. The van der Waals surface area contributed by atoms with E-state index in [9.17, 15) is 23.1 Å². The van der Waals surface area contributed by atoms with Crippen LogP contribution in [0.5, 0.6) is 5.75 Å². The van der Waals surface area contributed by atoms with Gasteiger partial charge in [0.25, 0.3) is 0 Å². The Kier molecular flexibility index (Phi) is 4.74. The lowest BCUT2D eigenvalue weighted by atomic mass is 10.1. The van der Waals surface area contributed by atoms with Crippen LogP contribution in [0.3, 0.4) is 0 Å². The van der Waals surface area contributed by atoms with Crippen molar-refractivity contribution in [1.29, 1.82) is 0 Å². The first-order valence-electron chi connectivity index (χ1n) is 6.71. The van der Waals surface area contributed by atoms with Crippen molar-refractivity contribution in [2.75, 3.05) is 5.32 Å². The molecule has 0 spiro atoms. The van der Waals surface area contributed by atoms with Gasteiger partial charge in [-0.2, -0.15) is 13.2 Å². The molecule has 6 heteroatoms. The van der Waals surface area contributed by atoms with Crippen LogP contribution in [0.2, 0.25) is 0 Å². The standard InChI is InChI=1S/C17H14F3NO2/c1-11-2-8-14(15(22)10-11)21-16(23)9-5-12-3-6-13(7-4-12)17(18,19)20/h2-10,22H,1H3,(H,21,23)/b9-5+. The van der Waals surface area contributed by atoms with Crippen molar-refractivity contribution in [3.63, 3.8) is 0 Å². The average Bonchev–Trinajstić information content (AvgIpc) is 2.47. The zero-order valence-corrected chi connectivity index (χ0v) is 12.2. The number of carbonyl (C=O) groups excluding carboxylic acids is 1. The Morgan fingerprint density at radius 3 is 2.35 bits per heavy atom. The van der Waals surface area contributed by atoms with E-state index in [1.807, 2.05) is 0 Å². The first-order chi connectivity index (χ1) is 10.8. The van der Waals surface area contributed by atoms with Crippen LogP contribution < -0.4 is 5.32 Å². The molecule has 0 aromatic heterocycles. The van der Waals surface area contributed by atoms with Gasteiger partial charge in [0, 0.05) is 6.08 Å². The van der Waals surface area contributed by atoms with Crippen molar-refractivity contribution in [1.82, 2.24) is 0 Å². The van der Waals surface area contributed by atoms with Gasteiger partial charge in [0.05, 0.1) is 11.3 Å². The topological polar surface area (TPSA) is 49.3 Å². The zero-order valence-electron chi connectivity index (χ0n) is 12.2. The van der Waals surface area contributed by atoms with Gasteiger partial charge in [-0.3, -0.25) is 4.79 Å². The summed E-state index contributed by atoms with van der Waals surface area (Å²) in [6.07, 6.45) is -1.81. The average molecular weight is 321 g/mol. The maximum atomic E-state index is 12.4. The van der Waals surface area contributed by atoms with Crippen LogP contribution >= 0.6 is 0 Å². The molecule has 0 atom stereocenters. The number of phenols is 1. The number of phenolic OH excluding ortho intramolecular Hbond substituents is 1. The molecule has 0 saturated carbocycles. The maximum Gasteiger partial charge on any atom is 0.416 e. The number of benzene rings is 2. The van der Waals surface area contributed by atoms with Gasteiger partial charge in [-0.15, -0.1) is 0 Å². The van der Waals surface area contributed by atoms with Crippen LogP contribution in [0, 0.1) is 6.92 Å². The van der Waals surface area contributed by atoms with Crippen LogP contribution in [-0.4, -0.2) is 11.0 Å². The number of rotatable bonds is 3. The number of amides is 1. The molecule has 0 aliphatic heterocycles. The van der Waals surface area contributed by atoms with Crippen molar-refractivity contribution in [3.05, 3.63) is 65.2 Å². The Labute approximate surface area is 131 Å². The number of aromatic hydroxyl groups is 1. The van der Waals surface area contributed by atoms with Crippen molar-refractivity contribution in [3.8, 4) is 5.75 Å². The highest BCUT2D eigenvalue weighted by Crippen LogP contribution is 2.29. The molecule has 2 rings (SSSR count). The van der Waals surface area contributed by atoms with Crippen molar-refractivity contribution >= 4 is 17.7 Å². The Morgan fingerprint density at radius 2 is 1.78 bits per heavy atom. The van der Waals surface area contributed by atoms with E-state index in [1.165, 1.54) is 30.4 Å². The molecule has 0 unspecified atom stereocenters. The molecule has 0 saturated heterocycles. The van der Waals surface area contributed by atoms with Crippen LogP contribution in [0.25, 0.3) is 6.08 Å². The van der Waals surface area contributed by atoms with E-state index < -0.39 is 17.6 Å². The Morgan fingerprint density at radius 1 is 1.13 bits per heavy atom. The second-order valence-corrected chi connectivity index (χ2v) is 4.96. The summed E-state index contributed by atoms with van der Waals surface area (Å²) in [6.45, 7) is 1.80. The van der Waals surface area contributed by atoms with Gasteiger partial charge in [0.2, 0.25) is 5.91 Å². The normalized spacial score (nSPS) is 11.7. The minimum atomic E-state index is -4.39. The molecule has 0 heterocycles. The van der Waals surface area contributed by atoms with E-state index in [4.69, 9.17) is 0 Å². The zero-order chi connectivity index (χ0) is 17.0. The van der Waals surface area contributed by atoms with E-state index in [0.717, 1.165) is 17.7 Å². The van der Waals surface area contributed by atoms with Gasteiger partial charge in [-0.1, -0.05) is 18.2 Å². The Bertz CT molecular complexity index is 734. The van der Waals surface area contributed by atoms with Gasteiger partial charge in [-0.05, 0) is 48.4 Å². The highest BCUT2D eigenvalue weighted by molar-refractivity contribution is 6.02. The maximum absolute atomic E-state index is 12.4. The summed E-state index contributed by atoms with van der Waals surface area (Å²) in [5.41, 5.74) is 0.823. The second kappa shape index (κ2) is 6.56. The number of hydrogen-bond acceptors (Lipinski definition) is 2. The largest absolute Gasteiger partial charge is 0.506 e. The fourth-order valence-electron chi connectivity index (χ4n) is 1.88. The molecule has 0 fully saturated rings. The minimum Gasteiger partial charge on any atom is -0.506 e. The minimum absolute atomic E-state index is 0.0544. The number of carbonyl (C=O) groups is 1. The first kappa shape index (κ1) is 16.6. The summed E-state index contributed by atoms with van der Waals surface area (Å²) >= 11 is 0. The van der Waals surface area contributed by atoms with E-state index in [-0.39, 0.29) is 11.4 Å². The summed E-state index contributed by atoms with van der Waals surface area (Å²) in [5.74, 6) is -0.551. The number of hydrogen-bond donors (Lipinski definition) is 2. The molecular formula is C17H14F3NO2. The van der Waals surface area contributed by atoms with Crippen LogP contribution in [-0.2, 0) is 11.0 Å². The summed E-state index contributed by atoms with van der Waals surface area (Å²) in [4.78, 5) is 11.8. The van der Waals surface area contributed by atoms with Gasteiger partial charge >= 0.3 is 6.18 Å². The van der Waals surface area contributed by atoms with Crippen molar-refractivity contribution in [2.45, 2.75) is 13.1 Å². The van der Waals surface area contributed by atoms with E-state index >= 15 is 0 Å². The van der Waals surface area contributed by atoms with Crippen molar-refractivity contribution < 1.29 is 23.1 Å². The molecule has 0 aliphatic rings. The molecule has 1 amide bonds. The van der Waals surface area contributed by atoms with Crippen LogP contribution in [0.4, 0.5) is 18.9 Å². The smallest absolute Gasteiger partial charge is 0.416 e. The third-order valence-electron chi connectivity index (χ3n) is 3.08. The fourth-order valence-corrected chi connectivity index (χ4v) is 1.88. The molecule has 0 bridgehead atoms. The van der Waals surface area contributed by atoms with Gasteiger partial charge in [0.15, 0.2) is 0 Å². The number of nitrogens with one attached hydrogen (secondary N) is 1. The van der Waals surface area contributed by atoms with Crippen LogP contribution in [0.1, 0.15) is 16.7 Å². The molecule has 2 aromatic carbocycles. The highest BCUT2D eigenvalue weighted by atomic mass is 19.4. The third kappa shape index (κ3) is 4.60. The monoisotopic (exact) mass is 321 g/mol. The summed E-state index contributed by atoms with van der Waals surface area (Å²) in [7, 11) is 0. The Balaban J connectivity index is 2.03. The van der Waals surface area contributed by atoms with Gasteiger partial charge < -0.3 is 10.4 Å². The molecule has 3 nitrogen and oxygen atoms in total. The molecule has 23 heavy (non-hydrogen) atoms. The SMILES string of the molecule is Cc1ccc(NC(=O)/C=C/c2ccc(C(F)(F)F)cc2)c(O)c1. The van der Waals surface area contributed by atoms with Crippen molar-refractivity contribution in [2.24, 2.45) is 0 Å². The molecule has 2 aromatic rings. The summed E-state index contributed by atoms with van der Waals surface area (Å²) in [6, 6.07) is 9.25. The highest BCUT2D eigenvalue weighted by Gasteiger charge is 2.29. The number of anilines is 1. The lowest BCUT2D eigenvalue weighted by Crippen LogP contribution is -2.08. The second-order valence-electron chi connectivity index (χ2n) is 4.96. The van der Waals surface area contributed by atoms with E-state index in [1.54, 1.807) is 19.1 Å². The third-order valence-corrected chi connectivity index (χ3v) is 3.08. The van der Waals surface area contributed by atoms with Gasteiger partial charge in [-0.25, -0.2) is 0 Å². The molecule has 0 aliphatic carbocycles. The molecule has 2 N–H and O–H groups in total. The van der Waals surface area contributed by atoms with E-state index in [2.05, 4.69) is 5.32 Å². The predicted octanol–water partition coefficient (Wildman–Crippen LogP) is 4.37. The molecular weight excluding hydrogens is 307 g/mol. The number of alkyl halides is 3. The summed E-state index contributed by atoms with van der Waals surface area (Å²) < 4.78 is 37.3. The first-order valence-corrected chi connectivity index (χ1v) is 6.71. The molecule has 120 valence electrons. The number of halogens is 3. The van der Waals surface area contributed by atoms with Gasteiger partial charge in [0.1, 0.15) is 5.75 Å². The lowest BCUT2D eigenvalue weighted by Gasteiger charge is -2.06. The van der Waals surface area contributed by atoms with E-state index in [0.29, 0.717) is 5.56 Å². The summed E-state index contributed by atoms with van der Waals surface area (Å²) in [5, 5.41) is 12.2. The fraction of sp³-hybridized carbons (Fsp3) is 0.118. The lowest BCUT2D eigenvalue weighted by molar-refractivity contribution is -0.137. The van der Waals surface area contributed by atoms with Crippen LogP contribution in [0.15, 0.2) is 48.5 Å². The predicted molar refractivity (Wildman–Crippen MR) is 82.0 cm³/mol.